The number of nitrogens with one attached hydrogen (secondary N) is 1. The van der Waals surface area contributed by atoms with E-state index in [0.717, 1.165) is 5.56 Å². The van der Waals surface area contributed by atoms with E-state index in [0.29, 0.717) is 31.3 Å². The second kappa shape index (κ2) is 10.6. The minimum atomic E-state index is -3.78. The smallest absolute Gasteiger partial charge is 0.246 e. The molecule has 0 aliphatic carbocycles. The minimum absolute atomic E-state index is 0.0325. The Morgan fingerprint density at radius 2 is 1.90 bits per heavy atom. The number of morpholine rings is 1. The summed E-state index contributed by atoms with van der Waals surface area (Å²) in [6.45, 7) is 5.55. The minimum Gasteiger partial charge on any atom is -0.493 e. The monoisotopic (exact) mass is 448 g/mol. The van der Waals surface area contributed by atoms with Gasteiger partial charge in [-0.2, -0.15) is 4.31 Å². The lowest BCUT2D eigenvalue weighted by atomic mass is 10.2. The molecule has 1 aliphatic heterocycles. The van der Waals surface area contributed by atoms with Gasteiger partial charge in [-0.25, -0.2) is 8.42 Å². The van der Waals surface area contributed by atoms with Crippen LogP contribution in [0.4, 0.5) is 5.69 Å². The van der Waals surface area contributed by atoms with Gasteiger partial charge in [-0.15, -0.1) is 0 Å². The average Bonchev–Trinajstić information content (AvgIpc) is 2.75. The summed E-state index contributed by atoms with van der Waals surface area (Å²) < 4.78 is 44.0. The third kappa shape index (κ3) is 6.19. The molecule has 168 valence electrons. The van der Waals surface area contributed by atoms with Gasteiger partial charge in [-0.3, -0.25) is 4.79 Å². The second-order valence-corrected chi connectivity index (χ2v) is 8.98. The number of sulfonamides is 1. The van der Waals surface area contributed by atoms with Crippen LogP contribution >= 0.6 is 0 Å². The van der Waals surface area contributed by atoms with Gasteiger partial charge < -0.3 is 19.5 Å². The van der Waals surface area contributed by atoms with Gasteiger partial charge in [-0.1, -0.05) is 12.1 Å². The maximum absolute atomic E-state index is 13.1. The number of carbonyl (C=O) groups excluding carboxylic acids is 1. The average molecular weight is 449 g/mol. The van der Waals surface area contributed by atoms with Crippen LogP contribution in [0.2, 0.25) is 0 Å². The van der Waals surface area contributed by atoms with Crippen molar-refractivity contribution in [3.8, 4) is 11.5 Å². The van der Waals surface area contributed by atoms with Crippen molar-refractivity contribution in [1.29, 1.82) is 0 Å². The first-order chi connectivity index (χ1) is 14.9. The number of hydrogen-bond acceptors (Lipinski definition) is 6. The fourth-order valence-corrected chi connectivity index (χ4v) is 4.74. The molecular formula is C22H28N2O6S. The summed E-state index contributed by atoms with van der Waals surface area (Å²) in [5, 5.41) is 2.74. The Morgan fingerprint density at radius 1 is 1.13 bits per heavy atom. The van der Waals surface area contributed by atoms with Crippen LogP contribution in [0.25, 0.3) is 0 Å². The van der Waals surface area contributed by atoms with Gasteiger partial charge in [0, 0.05) is 18.8 Å². The highest BCUT2D eigenvalue weighted by Gasteiger charge is 2.29. The zero-order valence-corrected chi connectivity index (χ0v) is 18.6. The zero-order valence-electron chi connectivity index (χ0n) is 17.8. The van der Waals surface area contributed by atoms with Gasteiger partial charge in [0.05, 0.1) is 32.8 Å². The van der Waals surface area contributed by atoms with E-state index in [1.807, 2.05) is 31.2 Å². The Kier molecular flexibility index (Phi) is 7.89. The molecule has 1 N–H and O–H groups in total. The quantitative estimate of drug-likeness (QED) is 0.634. The van der Waals surface area contributed by atoms with E-state index in [-0.39, 0.29) is 42.7 Å². The third-order valence-electron chi connectivity index (χ3n) is 4.70. The van der Waals surface area contributed by atoms with Gasteiger partial charge >= 0.3 is 0 Å². The van der Waals surface area contributed by atoms with Gasteiger partial charge in [0.2, 0.25) is 15.9 Å². The molecule has 31 heavy (non-hydrogen) atoms. The Labute approximate surface area is 183 Å². The molecule has 0 aromatic heterocycles. The number of aryl methyl sites for hydroxylation is 1. The molecule has 0 spiro atoms. The first kappa shape index (κ1) is 23.1. The molecule has 0 bridgehead atoms. The molecule has 1 heterocycles. The van der Waals surface area contributed by atoms with E-state index >= 15 is 0 Å². The number of anilines is 1. The largest absolute Gasteiger partial charge is 0.493 e. The van der Waals surface area contributed by atoms with Crippen molar-refractivity contribution in [3.63, 3.8) is 0 Å². The fourth-order valence-electron chi connectivity index (χ4n) is 3.18. The van der Waals surface area contributed by atoms with Crippen molar-refractivity contribution in [2.24, 2.45) is 0 Å². The molecule has 3 rings (SSSR count). The van der Waals surface area contributed by atoms with Crippen molar-refractivity contribution >= 4 is 21.6 Å². The van der Waals surface area contributed by atoms with Crippen LogP contribution in [-0.2, 0) is 19.6 Å². The molecule has 1 saturated heterocycles. The van der Waals surface area contributed by atoms with E-state index in [1.54, 1.807) is 19.1 Å². The van der Waals surface area contributed by atoms with Crippen molar-refractivity contribution in [1.82, 2.24) is 4.31 Å². The summed E-state index contributed by atoms with van der Waals surface area (Å²) in [6, 6.07) is 12.2. The highest BCUT2D eigenvalue weighted by atomic mass is 32.2. The SMILES string of the molecule is CCOc1ccc(NC(=O)CCOc2cccc(C)c2)cc1S(=O)(=O)N1CCOCC1. The fraction of sp³-hybridized carbons (Fsp3) is 0.409. The summed E-state index contributed by atoms with van der Waals surface area (Å²) in [4.78, 5) is 12.4. The van der Waals surface area contributed by atoms with Crippen LogP contribution in [0.15, 0.2) is 47.4 Å². The lowest BCUT2D eigenvalue weighted by Crippen LogP contribution is -2.40. The van der Waals surface area contributed by atoms with Crippen LogP contribution in [0, 0.1) is 6.92 Å². The van der Waals surface area contributed by atoms with Gasteiger partial charge in [0.25, 0.3) is 0 Å². The molecule has 2 aromatic rings. The lowest BCUT2D eigenvalue weighted by molar-refractivity contribution is -0.116. The molecule has 0 saturated carbocycles. The zero-order chi connectivity index (χ0) is 22.3. The molecule has 0 radical (unpaired) electrons. The van der Waals surface area contributed by atoms with E-state index in [2.05, 4.69) is 5.32 Å². The number of benzene rings is 2. The maximum Gasteiger partial charge on any atom is 0.246 e. The predicted molar refractivity (Wildman–Crippen MR) is 117 cm³/mol. The number of ether oxygens (including phenoxy) is 3. The van der Waals surface area contributed by atoms with Crippen LogP contribution < -0.4 is 14.8 Å². The molecule has 1 fully saturated rings. The van der Waals surface area contributed by atoms with Gasteiger partial charge in [0.15, 0.2) is 0 Å². The van der Waals surface area contributed by atoms with Crippen molar-refractivity contribution < 1.29 is 27.4 Å². The summed E-state index contributed by atoms with van der Waals surface area (Å²) in [7, 11) is -3.78. The van der Waals surface area contributed by atoms with E-state index in [9.17, 15) is 13.2 Å². The highest BCUT2D eigenvalue weighted by Crippen LogP contribution is 2.30. The third-order valence-corrected chi connectivity index (χ3v) is 6.62. The summed E-state index contributed by atoms with van der Waals surface area (Å²) in [5.41, 5.74) is 1.46. The molecule has 8 nitrogen and oxygen atoms in total. The van der Waals surface area contributed by atoms with Crippen LogP contribution in [-0.4, -0.2) is 58.1 Å². The van der Waals surface area contributed by atoms with Crippen LogP contribution in [0.1, 0.15) is 18.9 Å². The molecule has 0 atom stereocenters. The molecule has 0 unspecified atom stereocenters. The van der Waals surface area contributed by atoms with Gasteiger partial charge in [-0.05, 0) is 49.7 Å². The number of rotatable bonds is 9. The van der Waals surface area contributed by atoms with Crippen molar-refractivity contribution in [2.75, 3.05) is 44.8 Å². The Morgan fingerprint density at radius 3 is 2.61 bits per heavy atom. The van der Waals surface area contributed by atoms with Crippen LogP contribution in [0.5, 0.6) is 11.5 Å². The summed E-state index contributed by atoms with van der Waals surface area (Å²) >= 11 is 0. The number of hydrogen-bond donors (Lipinski definition) is 1. The van der Waals surface area contributed by atoms with Crippen molar-refractivity contribution in [2.45, 2.75) is 25.2 Å². The van der Waals surface area contributed by atoms with Gasteiger partial charge in [0.1, 0.15) is 16.4 Å². The maximum atomic E-state index is 13.1. The topological polar surface area (TPSA) is 94.2 Å². The summed E-state index contributed by atoms with van der Waals surface area (Å²) in [5.74, 6) is 0.689. The first-order valence-corrected chi connectivity index (χ1v) is 11.7. The Balaban J connectivity index is 1.68. The Hall–Kier alpha value is -2.62. The van der Waals surface area contributed by atoms with E-state index in [4.69, 9.17) is 14.2 Å². The molecule has 2 aromatic carbocycles. The van der Waals surface area contributed by atoms with Crippen LogP contribution in [0.3, 0.4) is 0 Å². The first-order valence-electron chi connectivity index (χ1n) is 10.2. The standard InChI is InChI=1S/C22H28N2O6S/c1-3-29-20-8-7-18(16-21(20)31(26,27)24-10-13-28-14-11-24)23-22(25)9-12-30-19-6-4-5-17(2)15-19/h4-8,15-16H,3,9-14H2,1-2H3,(H,23,25). The molecule has 1 aliphatic rings. The predicted octanol–water partition coefficient (Wildman–Crippen LogP) is 2.82. The van der Waals surface area contributed by atoms with E-state index < -0.39 is 10.0 Å². The normalized spacial score (nSPS) is 14.8. The number of amides is 1. The second-order valence-electron chi connectivity index (χ2n) is 7.07. The van der Waals surface area contributed by atoms with E-state index in [1.165, 1.54) is 10.4 Å². The number of nitrogens with zero attached hydrogens (tertiary/aromatic N) is 1. The highest BCUT2D eigenvalue weighted by molar-refractivity contribution is 7.89. The molecular weight excluding hydrogens is 420 g/mol. The molecule has 1 amide bonds. The van der Waals surface area contributed by atoms with Crippen molar-refractivity contribution in [3.05, 3.63) is 48.0 Å². The number of carbonyl (C=O) groups is 1. The molecule has 9 heteroatoms. The summed E-state index contributed by atoms with van der Waals surface area (Å²) in [6.07, 6.45) is 0.132. The lowest BCUT2D eigenvalue weighted by Gasteiger charge is -2.27. The Bertz CT molecular complexity index is 1000.